The van der Waals surface area contributed by atoms with Gasteiger partial charge in [0.25, 0.3) is 0 Å². The van der Waals surface area contributed by atoms with Crippen LogP contribution in [0.1, 0.15) is 52.9 Å². The quantitative estimate of drug-likeness (QED) is 0.560. The SMILES string of the molecule is CC(C)(C)CCC(=O)OCC1CCC2OC2C1. The van der Waals surface area contributed by atoms with Crippen LogP contribution in [0.5, 0.6) is 0 Å². The maximum absolute atomic E-state index is 11.6. The summed E-state index contributed by atoms with van der Waals surface area (Å²) in [4.78, 5) is 11.6. The van der Waals surface area contributed by atoms with Gasteiger partial charge in [0, 0.05) is 6.42 Å². The largest absolute Gasteiger partial charge is 0.465 e. The highest BCUT2D eigenvalue weighted by atomic mass is 16.6. The van der Waals surface area contributed by atoms with Crippen LogP contribution in [0.2, 0.25) is 0 Å². The Morgan fingerprint density at radius 2 is 2.06 bits per heavy atom. The number of carbonyl (C=O) groups excluding carboxylic acids is 1. The first-order chi connectivity index (χ1) is 7.94. The summed E-state index contributed by atoms with van der Waals surface area (Å²) in [6.45, 7) is 7.03. The first-order valence-electron chi connectivity index (χ1n) is 6.75. The van der Waals surface area contributed by atoms with Crippen molar-refractivity contribution in [2.24, 2.45) is 11.3 Å². The second kappa shape index (κ2) is 4.97. The monoisotopic (exact) mass is 240 g/mol. The van der Waals surface area contributed by atoms with E-state index in [0.29, 0.717) is 31.2 Å². The van der Waals surface area contributed by atoms with Gasteiger partial charge >= 0.3 is 5.97 Å². The van der Waals surface area contributed by atoms with Gasteiger partial charge in [-0.3, -0.25) is 4.79 Å². The molecule has 0 radical (unpaired) electrons. The van der Waals surface area contributed by atoms with Gasteiger partial charge < -0.3 is 9.47 Å². The van der Waals surface area contributed by atoms with Crippen LogP contribution in [0.3, 0.4) is 0 Å². The molecule has 3 unspecified atom stereocenters. The third kappa shape index (κ3) is 4.30. The molecule has 3 atom stereocenters. The molecule has 0 amide bonds. The zero-order valence-electron chi connectivity index (χ0n) is 11.2. The predicted molar refractivity (Wildman–Crippen MR) is 65.7 cm³/mol. The van der Waals surface area contributed by atoms with Gasteiger partial charge in [-0.05, 0) is 37.0 Å². The first kappa shape index (κ1) is 12.9. The topological polar surface area (TPSA) is 38.8 Å². The Hall–Kier alpha value is -0.570. The summed E-state index contributed by atoms with van der Waals surface area (Å²) >= 11 is 0. The Labute approximate surface area is 104 Å². The molecular weight excluding hydrogens is 216 g/mol. The molecule has 2 rings (SSSR count). The van der Waals surface area contributed by atoms with E-state index in [1.807, 2.05) is 0 Å². The third-order valence-electron chi connectivity index (χ3n) is 3.67. The van der Waals surface area contributed by atoms with Gasteiger partial charge in [0.15, 0.2) is 0 Å². The minimum absolute atomic E-state index is 0.0428. The number of fused-ring (bicyclic) bond motifs is 1. The lowest BCUT2D eigenvalue weighted by atomic mass is 9.90. The summed E-state index contributed by atoms with van der Waals surface area (Å²) in [7, 11) is 0. The maximum Gasteiger partial charge on any atom is 0.305 e. The molecule has 98 valence electrons. The Kier molecular flexibility index (Phi) is 3.76. The Balaban J connectivity index is 1.59. The van der Waals surface area contributed by atoms with Crippen molar-refractivity contribution in [3.63, 3.8) is 0 Å². The van der Waals surface area contributed by atoms with E-state index >= 15 is 0 Å². The van der Waals surface area contributed by atoms with E-state index in [-0.39, 0.29) is 11.4 Å². The van der Waals surface area contributed by atoms with Crippen molar-refractivity contribution < 1.29 is 14.3 Å². The predicted octanol–water partition coefficient (Wildman–Crippen LogP) is 2.92. The van der Waals surface area contributed by atoms with E-state index in [4.69, 9.17) is 9.47 Å². The number of esters is 1. The van der Waals surface area contributed by atoms with Gasteiger partial charge in [0.1, 0.15) is 0 Å². The minimum Gasteiger partial charge on any atom is -0.465 e. The van der Waals surface area contributed by atoms with Crippen molar-refractivity contribution in [2.45, 2.75) is 65.1 Å². The highest BCUT2D eigenvalue weighted by Crippen LogP contribution is 2.39. The van der Waals surface area contributed by atoms with Gasteiger partial charge in [-0.1, -0.05) is 20.8 Å². The van der Waals surface area contributed by atoms with Crippen LogP contribution in [0, 0.1) is 11.3 Å². The molecule has 1 aliphatic carbocycles. The fourth-order valence-corrected chi connectivity index (χ4v) is 2.40. The van der Waals surface area contributed by atoms with Crippen LogP contribution < -0.4 is 0 Å². The Morgan fingerprint density at radius 1 is 1.29 bits per heavy atom. The lowest BCUT2D eigenvalue weighted by Gasteiger charge is -2.20. The van der Waals surface area contributed by atoms with Crippen LogP contribution in [0.4, 0.5) is 0 Å². The maximum atomic E-state index is 11.6. The van der Waals surface area contributed by atoms with E-state index in [2.05, 4.69) is 20.8 Å². The van der Waals surface area contributed by atoms with Crippen molar-refractivity contribution in [1.29, 1.82) is 0 Å². The lowest BCUT2D eigenvalue weighted by Crippen LogP contribution is -2.21. The zero-order valence-corrected chi connectivity index (χ0v) is 11.2. The second-order valence-electron chi connectivity index (χ2n) is 6.64. The smallest absolute Gasteiger partial charge is 0.305 e. The van der Waals surface area contributed by atoms with Crippen LogP contribution >= 0.6 is 0 Å². The molecule has 2 fully saturated rings. The minimum atomic E-state index is -0.0428. The molecule has 17 heavy (non-hydrogen) atoms. The van der Waals surface area contributed by atoms with E-state index in [1.54, 1.807) is 0 Å². The standard InChI is InChI=1S/C14H24O3/c1-14(2,3)7-6-13(15)16-9-10-4-5-11-12(8-10)17-11/h10-12H,4-9H2,1-3H3. The number of rotatable bonds is 4. The van der Waals surface area contributed by atoms with Gasteiger partial charge in [0.05, 0.1) is 18.8 Å². The number of carbonyl (C=O) groups is 1. The molecule has 2 aliphatic rings. The molecule has 0 N–H and O–H groups in total. The van der Waals surface area contributed by atoms with Gasteiger partial charge in [-0.2, -0.15) is 0 Å². The molecule has 0 aromatic carbocycles. The zero-order chi connectivity index (χ0) is 12.5. The average Bonchev–Trinajstić information content (AvgIpc) is 3.00. The van der Waals surface area contributed by atoms with Crippen molar-refractivity contribution in [3.8, 4) is 0 Å². The molecule has 0 spiro atoms. The highest BCUT2D eigenvalue weighted by Gasteiger charge is 2.43. The Morgan fingerprint density at radius 3 is 2.71 bits per heavy atom. The summed E-state index contributed by atoms with van der Waals surface area (Å²) in [5.41, 5.74) is 0.207. The molecule has 1 saturated heterocycles. The summed E-state index contributed by atoms with van der Waals surface area (Å²) in [5, 5.41) is 0. The van der Waals surface area contributed by atoms with Gasteiger partial charge in [0.2, 0.25) is 0 Å². The molecule has 1 saturated carbocycles. The van der Waals surface area contributed by atoms with E-state index < -0.39 is 0 Å². The lowest BCUT2D eigenvalue weighted by molar-refractivity contribution is -0.145. The van der Waals surface area contributed by atoms with E-state index in [1.165, 1.54) is 0 Å². The highest BCUT2D eigenvalue weighted by molar-refractivity contribution is 5.69. The number of epoxide rings is 1. The van der Waals surface area contributed by atoms with Gasteiger partial charge in [-0.25, -0.2) is 0 Å². The summed E-state index contributed by atoms with van der Waals surface area (Å²) < 4.78 is 10.8. The number of ether oxygens (including phenoxy) is 2. The molecule has 0 aromatic heterocycles. The molecule has 3 nitrogen and oxygen atoms in total. The second-order valence-corrected chi connectivity index (χ2v) is 6.64. The fraction of sp³-hybridized carbons (Fsp3) is 0.929. The van der Waals surface area contributed by atoms with Crippen molar-refractivity contribution in [1.82, 2.24) is 0 Å². The number of hydrogen-bond acceptors (Lipinski definition) is 3. The van der Waals surface area contributed by atoms with Crippen molar-refractivity contribution >= 4 is 5.97 Å². The molecule has 0 bridgehead atoms. The van der Waals surface area contributed by atoms with Crippen molar-refractivity contribution in [3.05, 3.63) is 0 Å². The van der Waals surface area contributed by atoms with Crippen LogP contribution in [0.15, 0.2) is 0 Å². The molecule has 3 heteroatoms. The fourth-order valence-electron chi connectivity index (χ4n) is 2.40. The van der Waals surface area contributed by atoms with E-state index in [9.17, 15) is 4.79 Å². The summed E-state index contributed by atoms with van der Waals surface area (Å²) in [5.74, 6) is 0.483. The average molecular weight is 240 g/mol. The summed E-state index contributed by atoms with van der Waals surface area (Å²) in [6.07, 6.45) is 5.81. The van der Waals surface area contributed by atoms with Crippen LogP contribution in [-0.4, -0.2) is 24.8 Å². The molecular formula is C14H24O3. The number of hydrogen-bond donors (Lipinski definition) is 0. The third-order valence-corrected chi connectivity index (χ3v) is 3.67. The van der Waals surface area contributed by atoms with Gasteiger partial charge in [-0.15, -0.1) is 0 Å². The van der Waals surface area contributed by atoms with Crippen molar-refractivity contribution in [2.75, 3.05) is 6.61 Å². The Bertz CT molecular complexity index is 280. The van der Waals surface area contributed by atoms with Crippen LogP contribution in [-0.2, 0) is 14.3 Å². The first-order valence-corrected chi connectivity index (χ1v) is 6.75. The molecule has 1 aliphatic heterocycles. The van der Waals surface area contributed by atoms with Crippen LogP contribution in [0.25, 0.3) is 0 Å². The normalized spacial score (nSPS) is 31.8. The molecule has 0 aromatic rings. The summed E-state index contributed by atoms with van der Waals surface area (Å²) in [6, 6.07) is 0. The van der Waals surface area contributed by atoms with E-state index in [0.717, 1.165) is 25.7 Å². The molecule has 1 heterocycles.